The van der Waals surface area contributed by atoms with Gasteiger partial charge in [-0.25, -0.2) is 9.37 Å². The summed E-state index contributed by atoms with van der Waals surface area (Å²) in [5, 5.41) is 11.7. The fourth-order valence-corrected chi connectivity index (χ4v) is 1.25. The second-order valence-corrected chi connectivity index (χ2v) is 3.17. The zero-order valence-corrected chi connectivity index (χ0v) is 8.31. The number of nitrogens with one attached hydrogen (secondary N) is 2. The summed E-state index contributed by atoms with van der Waals surface area (Å²) < 4.78 is 12.7. The topological polar surface area (TPSA) is 57.2 Å². The van der Waals surface area contributed by atoms with E-state index < -0.39 is 0 Å². The summed E-state index contributed by atoms with van der Waals surface area (Å²) in [6, 6.07) is 9.18. The van der Waals surface area contributed by atoms with Crippen LogP contribution in [0.4, 0.5) is 21.6 Å². The maximum absolute atomic E-state index is 12.7. The standard InChI is InChI=1S/C11H10FN3O/c12-8-1-3-9(4-2-8)14-11-7-10(15-16)5-6-13-11/h1-7,16H,(H2,13,14,15). The first-order chi connectivity index (χ1) is 7.78. The van der Waals surface area contributed by atoms with Crippen molar-refractivity contribution in [2.45, 2.75) is 0 Å². The zero-order valence-electron chi connectivity index (χ0n) is 8.31. The number of hydrogen-bond donors (Lipinski definition) is 3. The van der Waals surface area contributed by atoms with Crippen molar-refractivity contribution in [2.24, 2.45) is 0 Å². The molecule has 0 atom stereocenters. The van der Waals surface area contributed by atoms with Crippen LogP contribution in [0.25, 0.3) is 0 Å². The van der Waals surface area contributed by atoms with Gasteiger partial charge in [0.05, 0.1) is 5.69 Å². The van der Waals surface area contributed by atoms with Crippen LogP contribution in [0.3, 0.4) is 0 Å². The third-order valence-corrected chi connectivity index (χ3v) is 2.01. The molecule has 0 radical (unpaired) electrons. The molecule has 16 heavy (non-hydrogen) atoms. The Hall–Kier alpha value is -2.14. The van der Waals surface area contributed by atoms with Crippen molar-refractivity contribution in [1.29, 1.82) is 0 Å². The number of rotatable bonds is 3. The molecule has 5 heteroatoms. The van der Waals surface area contributed by atoms with E-state index in [-0.39, 0.29) is 5.82 Å². The molecule has 1 aromatic carbocycles. The molecule has 3 N–H and O–H groups in total. The van der Waals surface area contributed by atoms with Crippen LogP contribution in [0.1, 0.15) is 0 Å². The van der Waals surface area contributed by atoms with E-state index in [1.54, 1.807) is 30.5 Å². The van der Waals surface area contributed by atoms with E-state index in [1.165, 1.54) is 12.1 Å². The van der Waals surface area contributed by atoms with Crippen LogP contribution in [0.15, 0.2) is 42.6 Å². The number of hydrogen-bond acceptors (Lipinski definition) is 4. The van der Waals surface area contributed by atoms with Crippen molar-refractivity contribution in [2.75, 3.05) is 10.8 Å². The maximum Gasteiger partial charge on any atom is 0.132 e. The summed E-state index contributed by atoms with van der Waals surface area (Å²) in [6.07, 6.45) is 1.55. The van der Waals surface area contributed by atoms with Gasteiger partial charge < -0.3 is 5.32 Å². The first kappa shape index (κ1) is 10.4. The average molecular weight is 219 g/mol. The van der Waals surface area contributed by atoms with Gasteiger partial charge in [0.1, 0.15) is 11.6 Å². The molecule has 4 nitrogen and oxygen atoms in total. The normalized spacial score (nSPS) is 9.88. The lowest BCUT2D eigenvalue weighted by atomic mass is 10.3. The molecule has 0 saturated carbocycles. The molecule has 2 rings (SSSR count). The van der Waals surface area contributed by atoms with E-state index in [0.717, 1.165) is 5.69 Å². The van der Waals surface area contributed by atoms with Gasteiger partial charge in [0.15, 0.2) is 0 Å². The lowest BCUT2D eigenvalue weighted by molar-refractivity contribution is 0.389. The minimum absolute atomic E-state index is 0.288. The highest BCUT2D eigenvalue weighted by Gasteiger charge is 1.97. The smallest absolute Gasteiger partial charge is 0.132 e. The third kappa shape index (κ3) is 2.46. The van der Waals surface area contributed by atoms with Crippen molar-refractivity contribution in [3.8, 4) is 0 Å². The van der Waals surface area contributed by atoms with Crippen LogP contribution in [-0.4, -0.2) is 10.2 Å². The Kier molecular flexibility index (Phi) is 2.98. The van der Waals surface area contributed by atoms with Gasteiger partial charge in [0, 0.05) is 18.0 Å². The van der Waals surface area contributed by atoms with E-state index in [4.69, 9.17) is 5.21 Å². The predicted octanol–water partition coefficient (Wildman–Crippen LogP) is 2.77. The van der Waals surface area contributed by atoms with Gasteiger partial charge in [-0.1, -0.05) is 0 Å². The summed E-state index contributed by atoms with van der Waals surface area (Å²) in [4.78, 5) is 4.05. The highest BCUT2D eigenvalue weighted by Crippen LogP contribution is 2.17. The number of halogens is 1. The fourth-order valence-electron chi connectivity index (χ4n) is 1.25. The number of anilines is 3. The number of aromatic nitrogens is 1. The van der Waals surface area contributed by atoms with Crippen molar-refractivity contribution >= 4 is 17.2 Å². The second kappa shape index (κ2) is 4.59. The van der Waals surface area contributed by atoms with Gasteiger partial charge in [0.25, 0.3) is 0 Å². The monoisotopic (exact) mass is 219 g/mol. The molecule has 82 valence electrons. The van der Waals surface area contributed by atoms with Crippen molar-refractivity contribution in [1.82, 2.24) is 4.98 Å². The number of benzene rings is 1. The lowest BCUT2D eigenvalue weighted by Gasteiger charge is -2.06. The molecule has 0 bridgehead atoms. The predicted molar refractivity (Wildman–Crippen MR) is 59.3 cm³/mol. The second-order valence-electron chi connectivity index (χ2n) is 3.17. The lowest BCUT2D eigenvalue weighted by Crippen LogP contribution is -1.95. The van der Waals surface area contributed by atoms with E-state index in [9.17, 15) is 4.39 Å². The molecule has 0 spiro atoms. The van der Waals surface area contributed by atoms with Crippen LogP contribution in [0.2, 0.25) is 0 Å². The SMILES string of the molecule is ONc1ccnc(Nc2ccc(F)cc2)c1. The first-order valence-corrected chi connectivity index (χ1v) is 4.67. The van der Waals surface area contributed by atoms with E-state index in [1.807, 2.05) is 5.48 Å². The fraction of sp³-hybridized carbons (Fsp3) is 0. The van der Waals surface area contributed by atoms with Gasteiger partial charge in [0.2, 0.25) is 0 Å². The molecule has 2 aromatic rings. The van der Waals surface area contributed by atoms with Crippen LogP contribution in [-0.2, 0) is 0 Å². The van der Waals surface area contributed by atoms with E-state index in [2.05, 4.69) is 10.3 Å². The molecule has 0 unspecified atom stereocenters. The van der Waals surface area contributed by atoms with Crippen molar-refractivity contribution in [3.05, 3.63) is 48.4 Å². The Morgan fingerprint density at radius 3 is 2.50 bits per heavy atom. The zero-order chi connectivity index (χ0) is 11.4. The van der Waals surface area contributed by atoms with Crippen LogP contribution < -0.4 is 10.8 Å². The van der Waals surface area contributed by atoms with Gasteiger partial charge >= 0.3 is 0 Å². The summed E-state index contributed by atoms with van der Waals surface area (Å²) in [6.45, 7) is 0. The van der Waals surface area contributed by atoms with Gasteiger partial charge in [-0.3, -0.25) is 10.7 Å². The van der Waals surface area contributed by atoms with E-state index >= 15 is 0 Å². The molecule has 0 aliphatic heterocycles. The summed E-state index contributed by atoms with van der Waals surface area (Å²) in [5.74, 6) is 0.273. The van der Waals surface area contributed by atoms with E-state index in [0.29, 0.717) is 11.5 Å². The number of nitrogens with zero attached hydrogens (tertiary/aromatic N) is 1. The molecule has 0 aliphatic rings. The average Bonchev–Trinajstić information content (AvgIpc) is 2.32. The Labute approximate surface area is 91.7 Å². The van der Waals surface area contributed by atoms with Crippen molar-refractivity contribution in [3.63, 3.8) is 0 Å². The Balaban J connectivity index is 2.16. The first-order valence-electron chi connectivity index (χ1n) is 4.67. The summed E-state index contributed by atoms with van der Waals surface area (Å²) in [7, 11) is 0. The maximum atomic E-state index is 12.7. The minimum atomic E-state index is -0.288. The molecule has 1 heterocycles. The van der Waals surface area contributed by atoms with Crippen LogP contribution >= 0.6 is 0 Å². The highest BCUT2D eigenvalue weighted by molar-refractivity contribution is 5.59. The number of pyridine rings is 1. The Morgan fingerprint density at radius 2 is 1.81 bits per heavy atom. The molecular weight excluding hydrogens is 209 g/mol. The molecule has 0 fully saturated rings. The Morgan fingerprint density at radius 1 is 1.06 bits per heavy atom. The van der Waals surface area contributed by atoms with Gasteiger partial charge in [-0.05, 0) is 30.3 Å². The summed E-state index contributed by atoms with van der Waals surface area (Å²) >= 11 is 0. The molecule has 0 saturated heterocycles. The molecule has 0 aliphatic carbocycles. The molecular formula is C11H10FN3O. The van der Waals surface area contributed by atoms with Gasteiger partial charge in [-0.2, -0.15) is 0 Å². The van der Waals surface area contributed by atoms with Crippen LogP contribution in [0, 0.1) is 5.82 Å². The Bertz CT molecular complexity index is 473. The van der Waals surface area contributed by atoms with Crippen molar-refractivity contribution < 1.29 is 9.60 Å². The van der Waals surface area contributed by atoms with Crippen LogP contribution in [0.5, 0.6) is 0 Å². The molecule has 1 aromatic heterocycles. The van der Waals surface area contributed by atoms with Gasteiger partial charge in [-0.15, -0.1) is 0 Å². The quantitative estimate of drug-likeness (QED) is 0.695. The highest BCUT2D eigenvalue weighted by atomic mass is 19.1. The summed E-state index contributed by atoms with van der Waals surface area (Å²) in [5.41, 5.74) is 3.28. The minimum Gasteiger partial charge on any atom is -0.340 e. The third-order valence-electron chi connectivity index (χ3n) is 2.01. The molecule has 0 amide bonds. The largest absolute Gasteiger partial charge is 0.340 e.